The van der Waals surface area contributed by atoms with Gasteiger partial charge in [0.25, 0.3) is 0 Å². The number of hydrogen-bond donors (Lipinski definition) is 1. The van der Waals surface area contributed by atoms with Gasteiger partial charge in [0, 0.05) is 41.4 Å². The van der Waals surface area contributed by atoms with Crippen LogP contribution >= 0.6 is 11.8 Å². The van der Waals surface area contributed by atoms with Gasteiger partial charge in [0.1, 0.15) is 5.82 Å². The van der Waals surface area contributed by atoms with Crippen molar-refractivity contribution in [3.05, 3.63) is 23.9 Å². The molecule has 0 radical (unpaired) electrons. The summed E-state index contributed by atoms with van der Waals surface area (Å²) in [5.74, 6) is 2.35. The minimum atomic E-state index is 0.359. The van der Waals surface area contributed by atoms with Crippen molar-refractivity contribution >= 4 is 17.6 Å². The van der Waals surface area contributed by atoms with Crippen LogP contribution in [-0.4, -0.2) is 35.1 Å². The monoisotopic (exact) mass is 307 g/mol. The van der Waals surface area contributed by atoms with E-state index in [0.29, 0.717) is 10.8 Å². The SMILES string of the molecule is CCCNC(C)c1cccnc1N1CCSC(C)(C)CC1. The van der Waals surface area contributed by atoms with Gasteiger partial charge < -0.3 is 10.2 Å². The molecule has 1 fully saturated rings. The van der Waals surface area contributed by atoms with Gasteiger partial charge in [0.2, 0.25) is 0 Å². The zero-order valence-electron chi connectivity index (χ0n) is 13.9. The zero-order chi connectivity index (χ0) is 15.3. The van der Waals surface area contributed by atoms with E-state index in [9.17, 15) is 0 Å². The first-order valence-electron chi connectivity index (χ1n) is 8.10. The average Bonchev–Trinajstić information content (AvgIpc) is 2.65. The van der Waals surface area contributed by atoms with Crippen molar-refractivity contribution in [3.63, 3.8) is 0 Å². The molecule has 4 heteroatoms. The number of rotatable bonds is 5. The summed E-state index contributed by atoms with van der Waals surface area (Å²) in [6.45, 7) is 12.4. The summed E-state index contributed by atoms with van der Waals surface area (Å²) in [7, 11) is 0. The predicted octanol–water partition coefficient (Wildman–Crippen LogP) is 3.86. The molecule has 1 atom stereocenters. The molecular formula is C17H29N3S. The van der Waals surface area contributed by atoms with Crippen LogP contribution in [-0.2, 0) is 0 Å². The van der Waals surface area contributed by atoms with E-state index in [4.69, 9.17) is 4.98 Å². The summed E-state index contributed by atoms with van der Waals surface area (Å²) >= 11 is 2.08. The Hall–Kier alpha value is -0.740. The van der Waals surface area contributed by atoms with Crippen LogP contribution in [0.3, 0.4) is 0 Å². The molecule has 1 aliphatic rings. The highest BCUT2D eigenvalue weighted by Gasteiger charge is 2.25. The Morgan fingerprint density at radius 2 is 2.24 bits per heavy atom. The minimum absolute atomic E-state index is 0.359. The van der Waals surface area contributed by atoms with Crippen LogP contribution in [0.25, 0.3) is 0 Å². The quantitative estimate of drug-likeness (QED) is 0.894. The van der Waals surface area contributed by atoms with Gasteiger partial charge in [0.05, 0.1) is 0 Å². The molecule has 2 rings (SSSR count). The standard InChI is InChI=1S/C17H29N3S/c1-5-9-18-14(2)15-7-6-10-19-16(15)20-11-8-17(3,4)21-13-12-20/h6-7,10,14,18H,5,8-9,11-13H2,1-4H3. The van der Waals surface area contributed by atoms with Crippen LogP contribution in [0.5, 0.6) is 0 Å². The lowest BCUT2D eigenvalue weighted by Crippen LogP contribution is -2.30. The predicted molar refractivity (Wildman–Crippen MR) is 94.3 cm³/mol. The van der Waals surface area contributed by atoms with E-state index in [-0.39, 0.29) is 0 Å². The summed E-state index contributed by atoms with van der Waals surface area (Å²) in [4.78, 5) is 7.17. The van der Waals surface area contributed by atoms with Crippen LogP contribution in [0.1, 0.15) is 52.1 Å². The molecule has 0 spiro atoms. The third kappa shape index (κ3) is 4.62. The van der Waals surface area contributed by atoms with Crippen LogP contribution < -0.4 is 10.2 Å². The van der Waals surface area contributed by atoms with Gasteiger partial charge in [-0.25, -0.2) is 4.98 Å². The van der Waals surface area contributed by atoms with Crippen molar-refractivity contribution in [1.82, 2.24) is 10.3 Å². The van der Waals surface area contributed by atoms with Crippen molar-refractivity contribution in [3.8, 4) is 0 Å². The summed E-state index contributed by atoms with van der Waals surface area (Å²) < 4.78 is 0.385. The van der Waals surface area contributed by atoms with Crippen LogP contribution in [0.4, 0.5) is 5.82 Å². The van der Waals surface area contributed by atoms with Crippen molar-refractivity contribution in [1.29, 1.82) is 0 Å². The molecule has 1 saturated heterocycles. The fraction of sp³-hybridized carbons (Fsp3) is 0.706. The molecule has 1 aliphatic heterocycles. The topological polar surface area (TPSA) is 28.2 Å². The van der Waals surface area contributed by atoms with Crippen LogP contribution in [0.2, 0.25) is 0 Å². The highest BCUT2D eigenvalue weighted by molar-refractivity contribution is 8.00. The molecule has 1 aromatic rings. The van der Waals surface area contributed by atoms with Gasteiger partial charge in [-0.1, -0.05) is 26.8 Å². The Kier molecular flexibility index (Phi) is 5.94. The molecule has 0 aromatic carbocycles. The van der Waals surface area contributed by atoms with Crippen molar-refractivity contribution in [2.24, 2.45) is 0 Å². The van der Waals surface area contributed by atoms with Crippen LogP contribution in [0, 0.1) is 0 Å². The number of thioether (sulfide) groups is 1. The van der Waals surface area contributed by atoms with Gasteiger partial charge in [0.15, 0.2) is 0 Å². The number of anilines is 1. The number of aromatic nitrogens is 1. The van der Waals surface area contributed by atoms with E-state index in [2.05, 4.69) is 61.8 Å². The van der Waals surface area contributed by atoms with Gasteiger partial charge >= 0.3 is 0 Å². The number of hydrogen-bond acceptors (Lipinski definition) is 4. The van der Waals surface area contributed by atoms with E-state index >= 15 is 0 Å². The largest absolute Gasteiger partial charge is 0.355 e. The first-order valence-corrected chi connectivity index (χ1v) is 9.09. The molecular weight excluding hydrogens is 278 g/mol. The Bertz CT molecular complexity index is 447. The average molecular weight is 308 g/mol. The maximum atomic E-state index is 4.70. The van der Waals surface area contributed by atoms with Crippen molar-refractivity contribution in [2.45, 2.75) is 51.3 Å². The Labute approximate surface area is 133 Å². The molecule has 21 heavy (non-hydrogen) atoms. The second kappa shape index (κ2) is 7.50. The molecule has 1 N–H and O–H groups in total. The molecule has 3 nitrogen and oxygen atoms in total. The molecule has 0 bridgehead atoms. The van der Waals surface area contributed by atoms with Crippen LogP contribution in [0.15, 0.2) is 18.3 Å². The fourth-order valence-electron chi connectivity index (χ4n) is 2.71. The molecule has 118 valence electrons. The van der Waals surface area contributed by atoms with E-state index < -0.39 is 0 Å². The fourth-order valence-corrected chi connectivity index (χ4v) is 3.81. The maximum Gasteiger partial charge on any atom is 0.133 e. The van der Waals surface area contributed by atoms with Gasteiger partial charge in [-0.2, -0.15) is 11.8 Å². The summed E-state index contributed by atoms with van der Waals surface area (Å²) in [5.41, 5.74) is 1.33. The van der Waals surface area contributed by atoms with Crippen molar-refractivity contribution in [2.75, 3.05) is 30.3 Å². The van der Waals surface area contributed by atoms with Gasteiger partial charge in [-0.15, -0.1) is 0 Å². The lowest BCUT2D eigenvalue weighted by molar-refractivity contribution is 0.565. The minimum Gasteiger partial charge on any atom is -0.355 e. The van der Waals surface area contributed by atoms with Gasteiger partial charge in [-0.05, 0) is 32.4 Å². The van der Waals surface area contributed by atoms with E-state index in [1.807, 2.05) is 6.20 Å². The summed E-state index contributed by atoms with van der Waals surface area (Å²) in [5, 5.41) is 3.59. The lowest BCUT2D eigenvalue weighted by atomic mass is 10.1. The Morgan fingerprint density at radius 1 is 1.43 bits per heavy atom. The number of nitrogens with one attached hydrogen (secondary N) is 1. The molecule has 2 heterocycles. The Balaban J connectivity index is 2.15. The van der Waals surface area contributed by atoms with E-state index in [1.165, 1.54) is 23.6 Å². The third-order valence-corrected chi connectivity index (χ3v) is 5.49. The normalized spacial score (nSPS) is 20.1. The molecule has 0 aliphatic carbocycles. The first kappa shape index (κ1) is 16.6. The third-order valence-electron chi connectivity index (χ3n) is 4.12. The van der Waals surface area contributed by atoms with E-state index in [1.54, 1.807) is 0 Å². The number of nitrogens with zero attached hydrogens (tertiary/aromatic N) is 2. The van der Waals surface area contributed by atoms with E-state index in [0.717, 1.165) is 26.1 Å². The lowest BCUT2D eigenvalue weighted by Gasteiger charge is -2.27. The Morgan fingerprint density at radius 3 is 3.00 bits per heavy atom. The summed E-state index contributed by atoms with van der Waals surface area (Å²) in [6.07, 6.45) is 4.30. The smallest absolute Gasteiger partial charge is 0.133 e. The molecule has 0 amide bonds. The second-order valence-corrected chi connectivity index (χ2v) is 8.24. The van der Waals surface area contributed by atoms with Gasteiger partial charge in [-0.3, -0.25) is 0 Å². The molecule has 1 aromatic heterocycles. The highest BCUT2D eigenvalue weighted by atomic mass is 32.2. The maximum absolute atomic E-state index is 4.70. The number of pyridine rings is 1. The summed E-state index contributed by atoms with van der Waals surface area (Å²) in [6, 6.07) is 4.63. The highest BCUT2D eigenvalue weighted by Crippen LogP contribution is 2.33. The first-order chi connectivity index (χ1) is 10.0. The second-order valence-electron chi connectivity index (χ2n) is 6.44. The zero-order valence-corrected chi connectivity index (χ0v) is 14.7. The molecule has 1 unspecified atom stereocenters. The van der Waals surface area contributed by atoms with Crippen molar-refractivity contribution < 1.29 is 0 Å². The molecule has 0 saturated carbocycles.